The van der Waals surface area contributed by atoms with Crippen molar-refractivity contribution in [3.63, 3.8) is 0 Å². The van der Waals surface area contributed by atoms with Crippen LogP contribution in [-0.4, -0.2) is 43.5 Å². The molecule has 1 heterocycles. The van der Waals surface area contributed by atoms with Gasteiger partial charge in [-0.1, -0.05) is 0 Å². The second kappa shape index (κ2) is 3.42. The third kappa shape index (κ3) is 1.87. The SMILES string of the molecule is CN(C)C(=O)NC1CCNC1=O. The molecule has 0 bridgehead atoms. The van der Waals surface area contributed by atoms with Gasteiger partial charge in [0.15, 0.2) is 0 Å². The van der Waals surface area contributed by atoms with Gasteiger partial charge in [0.2, 0.25) is 5.91 Å². The highest BCUT2D eigenvalue weighted by Gasteiger charge is 2.25. The number of hydrogen-bond acceptors (Lipinski definition) is 2. The van der Waals surface area contributed by atoms with Gasteiger partial charge in [0.25, 0.3) is 0 Å². The van der Waals surface area contributed by atoms with Gasteiger partial charge in [-0.3, -0.25) is 4.79 Å². The van der Waals surface area contributed by atoms with Gasteiger partial charge in [0.05, 0.1) is 0 Å². The van der Waals surface area contributed by atoms with E-state index in [1.807, 2.05) is 0 Å². The van der Waals surface area contributed by atoms with E-state index >= 15 is 0 Å². The first-order chi connectivity index (χ1) is 5.61. The fraction of sp³-hybridized carbons (Fsp3) is 0.714. The van der Waals surface area contributed by atoms with Crippen LogP contribution in [0.1, 0.15) is 6.42 Å². The van der Waals surface area contributed by atoms with Crippen molar-refractivity contribution in [1.82, 2.24) is 15.5 Å². The predicted octanol–water partition coefficient (Wildman–Crippen LogP) is -0.854. The van der Waals surface area contributed by atoms with Crippen LogP contribution in [0.25, 0.3) is 0 Å². The lowest BCUT2D eigenvalue weighted by molar-refractivity contribution is -0.120. The summed E-state index contributed by atoms with van der Waals surface area (Å²) in [6, 6.07) is -0.572. The van der Waals surface area contributed by atoms with E-state index in [1.165, 1.54) is 4.90 Å². The lowest BCUT2D eigenvalue weighted by Crippen LogP contribution is -2.44. The predicted molar refractivity (Wildman–Crippen MR) is 43.6 cm³/mol. The van der Waals surface area contributed by atoms with E-state index in [0.717, 1.165) is 0 Å². The van der Waals surface area contributed by atoms with Gasteiger partial charge in [0, 0.05) is 20.6 Å². The van der Waals surface area contributed by atoms with Gasteiger partial charge in [-0.25, -0.2) is 4.79 Å². The Bertz CT molecular complexity index is 203. The molecule has 0 aromatic carbocycles. The Labute approximate surface area is 71.1 Å². The molecule has 0 aromatic heterocycles. The number of nitrogens with zero attached hydrogens (tertiary/aromatic N) is 1. The maximum absolute atomic E-state index is 11.1. The fourth-order valence-corrected chi connectivity index (χ4v) is 1.01. The summed E-state index contributed by atoms with van der Waals surface area (Å²) in [4.78, 5) is 23.5. The highest BCUT2D eigenvalue weighted by Crippen LogP contribution is 1.99. The molecule has 0 aliphatic carbocycles. The Hall–Kier alpha value is -1.26. The Kier molecular flexibility index (Phi) is 2.52. The minimum Gasteiger partial charge on any atom is -0.354 e. The van der Waals surface area contributed by atoms with Gasteiger partial charge in [-0.2, -0.15) is 0 Å². The van der Waals surface area contributed by atoms with Crippen LogP contribution in [0.4, 0.5) is 4.79 Å². The van der Waals surface area contributed by atoms with E-state index in [0.29, 0.717) is 13.0 Å². The highest BCUT2D eigenvalue weighted by molar-refractivity contribution is 5.88. The molecule has 12 heavy (non-hydrogen) atoms. The number of hydrogen-bond donors (Lipinski definition) is 2. The molecule has 0 spiro atoms. The second-order valence-corrected chi connectivity index (χ2v) is 2.98. The first-order valence-corrected chi connectivity index (χ1v) is 3.87. The van der Waals surface area contributed by atoms with Crippen LogP contribution in [0, 0.1) is 0 Å². The molecule has 5 heteroatoms. The summed E-state index contributed by atoms with van der Waals surface area (Å²) in [6.07, 6.45) is 0.679. The maximum Gasteiger partial charge on any atom is 0.317 e. The smallest absolute Gasteiger partial charge is 0.317 e. The first-order valence-electron chi connectivity index (χ1n) is 3.87. The van der Waals surface area contributed by atoms with E-state index in [1.54, 1.807) is 14.1 Å². The molecular weight excluding hydrogens is 158 g/mol. The topological polar surface area (TPSA) is 61.4 Å². The molecular formula is C7H13N3O2. The second-order valence-electron chi connectivity index (χ2n) is 2.98. The summed E-state index contributed by atoms with van der Waals surface area (Å²) in [6.45, 7) is 0.650. The molecule has 1 aliphatic rings. The highest BCUT2D eigenvalue weighted by atomic mass is 16.2. The lowest BCUT2D eigenvalue weighted by atomic mass is 10.2. The van der Waals surface area contributed by atoms with Crippen LogP contribution < -0.4 is 10.6 Å². The van der Waals surface area contributed by atoms with Gasteiger partial charge in [-0.15, -0.1) is 0 Å². The quantitative estimate of drug-likeness (QED) is 0.539. The average molecular weight is 171 g/mol. The summed E-state index contributed by atoms with van der Waals surface area (Å²) in [5.74, 6) is -0.0924. The Balaban J connectivity index is 2.40. The number of carbonyl (C=O) groups excluding carboxylic acids is 2. The molecule has 1 aliphatic heterocycles. The van der Waals surface area contributed by atoms with Crippen LogP contribution in [0.15, 0.2) is 0 Å². The average Bonchev–Trinajstić information content (AvgIpc) is 2.36. The molecule has 1 saturated heterocycles. The molecule has 0 saturated carbocycles. The van der Waals surface area contributed by atoms with Crippen molar-refractivity contribution >= 4 is 11.9 Å². The molecule has 1 atom stereocenters. The summed E-state index contributed by atoms with van der Waals surface area (Å²) in [5, 5.41) is 5.24. The minimum atomic E-state index is -0.347. The summed E-state index contributed by atoms with van der Waals surface area (Å²) in [5.41, 5.74) is 0. The van der Waals surface area contributed by atoms with Crippen molar-refractivity contribution in [2.45, 2.75) is 12.5 Å². The Morgan fingerprint density at radius 3 is 2.75 bits per heavy atom. The van der Waals surface area contributed by atoms with Crippen molar-refractivity contribution in [3.8, 4) is 0 Å². The third-order valence-corrected chi connectivity index (χ3v) is 1.75. The molecule has 3 amide bonds. The van der Waals surface area contributed by atoms with E-state index in [4.69, 9.17) is 0 Å². The summed E-state index contributed by atoms with van der Waals surface area (Å²) < 4.78 is 0. The minimum absolute atomic E-state index is 0.0924. The van der Waals surface area contributed by atoms with E-state index < -0.39 is 0 Å². The molecule has 2 N–H and O–H groups in total. The van der Waals surface area contributed by atoms with E-state index in [-0.39, 0.29) is 18.0 Å². The third-order valence-electron chi connectivity index (χ3n) is 1.75. The molecule has 0 radical (unpaired) electrons. The lowest BCUT2D eigenvalue weighted by Gasteiger charge is -2.14. The van der Waals surface area contributed by atoms with Crippen molar-refractivity contribution < 1.29 is 9.59 Å². The van der Waals surface area contributed by atoms with Crippen LogP contribution in [0.5, 0.6) is 0 Å². The number of amides is 3. The van der Waals surface area contributed by atoms with Gasteiger partial charge < -0.3 is 15.5 Å². The van der Waals surface area contributed by atoms with Crippen molar-refractivity contribution in [3.05, 3.63) is 0 Å². The zero-order valence-electron chi connectivity index (χ0n) is 7.26. The normalized spacial score (nSPS) is 21.8. The first kappa shape index (κ1) is 8.83. The fourth-order valence-electron chi connectivity index (χ4n) is 1.01. The van der Waals surface area contributed by atoms with Crippen LogP contribution in [0.3, 0.4) is 0 Å². The van der Waals surface area contributed by atoms with Crippen LogP contribution in [0.2, 0.25) is 0 Å². The Morgan fingerprint density at radius 1 is 1.67 bits per heavy atom. The standard InChI is InChI=1S/C7H13N3O2/c1-10(2)7(12)9-5-3-4-8-6(5)11/h5H,3-4H2,1-2H3,(H,8,11)(H,9,12). The monoisotopic (exact) mass is 171 g/mol. The molecule has 68 valence electrons. The van der Waals surface area contributed by atoms with Crippen LogP contribution >= 0.6 is 0 Å². The zero-order chi connectivity index (χ0) is 9.14. The molecule has 1 rings (SSSR count). The molecule has 1 fully saturated rings. The van der Waals surface area contributed by atoms with Gasteiger partial charge >= 0.3 is 6.03 Å². The molecule has 1 unspecified atom stereocenters. The summed E-state index contributed by atoms with van der Waals surface area (Å²) in [7, 11) is 3.28. The largest absolute Gasteiger partial charge is 0.354 e. The van der Waals surface area contributed by atoms with Gasteiger partial charge in [0.1, 0.15) is 6.04 Å². The van der Waals surface area contributed by atoms with Crippen molar-refractivity contribution in [2.75, 3.05) is 20.6 Å². The van der Waals surface area contributed by atoms with Crippen molar-refractivity contribution in [1.29, 1.82) is 0 Å². The number of urea groups is 1. The maximum atomic E-state index is 11.1. The molecule has 5 nitrogen and oxygen atoms in total. The van der Waals surface area contributed by atoms with Crippen molar-refractivity contribution in [2.24, 2.45) is 0 Å². The van der Waals surface area contributed by atoms with Gasteiger partial charge in [-0.05, 0) is 6.42 Å². The van der Waals surface area contributed by atoms with Crippen LogP contribution in [-0.2, 0) is 4.79 Å². The van der Waals surface area contributed by atoms with E-state index in [9.17, 15) is 9.59 Å². The zero-order valence-corrected chi connectivity index (χ0v) is 7.26. The number of nitrogens with one attached hydrogen (secondary N) is 2. The molecule has 0 aromatic rings. The van der Waals surface area contributed by atoms with E-state index in [2.05, 4.69) is 10.6 Å². The Morgan fingerprint density at radius 2 is 2.33 bits per heavy atom. The summed E-state index contributed by atoms with van der Waals surface area (Å²) >= 11 is 0. The number of rotatable bonds is 1. The number of carbonyl (C=O) groups is 2.